The summed E-state index contributed by atoms with van der Waals surface area (Å²) in [6, 6.07) is 11.0. The van der Waals surface area contributed by atoms with Gasteiger partial charge in [0.15, 0.2) is 0 Å². The number of rotatable bonds is 11. The molecule has 0 saturated heterocycles. The molecule has 2 aromatic rings. The Kier molecular flexibility index (Phi) is 10.7. The van der Waals surface area contributed by atoms with Crippen LogP contribution in [0, 0.1) is 0 Å². The fourth-order valence-corrected chi connectivity index (χ4v) is 4.99. The van der Waals surface area contributed by atoms with E-state index in [0.717, 1.165) is 11.8 Å². The van der Waals surface area contributed by atoms with Gasteiger partial charge in [0.1, 0.15) is 11.8 Å². The van der Waals surface area contributed by atoms with Gasteiger partial charge < -0.3 is 15.0 Å². The van der Waals surface area contributed by atoms with E-state index >= 15 is 0 Å². The van der Waals surface area contributed by atoms with Crippen molar-refractivity contribution in [3.8, 4) is 5.75 Å². The molecule has 0 aromatic heterocycles. The van der Waals surface area contributed by atoms with E-state index in [9.17, 15) is 18.0 Å². The van der Waals surface area contributed by atoms with Gasteiger partial charge in [-0.1, -0.05) is 35.3 Å². The van der Waals surface area contributed by atoms with Gasteiger partial charge >= 0.3 is 0 Å². The monoisotopic (exact) mass is 571 g/mol. The van der Waals surface area contributed by atoms with Crippen LogP contribution in [-0.4, -0.2) is 56.6 Å². The lowest BCUT2D eigenvalue weighted by Crippen LogP contribution is -2.52. The second-order valence-electron chi connectivity index (χ2n) is 9.82. The number of hydrogen-bond donors (Lipinski definition) is 1. The molecule has 11 heteroatoms. The van der Waals surface area contributed by atoms with E-state index in [1.807, 2.05) is 20.8 Å². The number of nitrogens with zero attached hydrogens (tertiary/aromatic N) is 2. The Balaban J connectivity index is 2.20. The Bertz CT molecular complexity index is 1200. The third-order valence-corrected chi connectivity index (χ3v) is 7.25. The first-order valence-electron chi connectivity index (χ1n) is 11.8. The highest BCUT2D eigenvalue weighted by atomic mass is 35.5. The van der Waals surface area contributed by atoms with Crippen LogP contribution in [0.5, 0.6) is 5.75 Å². The lowest BCUT2D eigenvalue weighted by atomic mass is 10.1. The summed E-state index contributed by atoms with van der Waals surface area (Å²) in [5, 5.41) is 3.76. The smallest absolute Gasteiger partial charge is 0.242 e. The predicted molar refractivity (Wildman–Crippen MR) is 149 cm³/mol. The number of ether oxygens (including phenoxy) is 1. The topological polar surface area (TPSA) is 96.0 Å². The highest BCUT2D eigenvalue weighted by Gasteiger charge is 2.28. The molecule has 8 nitrogen and oxygen atoms in total. The zero-order valence-electron chi connectivity index (χ0n) is 22.0. The average molecular weight is 573 g/mol. The lowest BCUT2D eigenvalue weighted by molar-refractivity contribution is -0.141. The number of sulfonamides is 1. The molecule has 0 spiro atoms. The Morgan fingerprint density at radius 1 is 1.08 bits per heavy atom. The number of hydrogen-bond acceptors (Lipinski definition) is 5. The Morgan fingerprint density at radius 2 is 1.70 bits per heavy atom. The van der Waals surface area contributed by atoms with Crippen molar-refractivity contribution in [2.45, 2.75) is 58.7 Å². The van der Waals surface area contributed by atoms with Gasteiger partial charge in [0, 0.05) is 30.1 Å². The second kappa shape index (κ2) is 12.8. The molecule has 0 fully saturated rings. The highest BCUT2D eigenvalue weighted by Crippen LogP contribution is 2.30. The fraction of sp³-hybridized carbons (Fsp3) is 0.462. The number of methoxy groups -OCH3 is 1. The largest absolute Gasteiger partial charge is 0.495 e. The summed E-state index contributed by atoms with van der Waals surface area (Å²) >= 11 is 12.2. The maximum atomic E-state index is 13.3. The average Bonchev–Trinajstić information content (AvgIpc) is 2.79. The summed E-state index contributed by atoms with van der Waals surface area (Å²) in [5.41, 5.74) is 0.728. The van der Waals surface area contributed by atoms with Gasteiger partial charge in [0.25, 0.3) is 0 Å². The molecule has 0 aliphatic carbocycles. The molecular formula is C26H35Cl2N3O5S. The van der Waals surface area contributed by atoms with E-state index in [0.29, 0.717) is 16.5 Å². The molecule has 0 aliphatic heterocycles. The summed E-state index contributed by atoms with van der Waals surface area (Å²) in [5.74, 6) is -0.123. The van der Waals surface area contributed by atoms with Crippen LogP contribution in [0.1, 0.15) is 46.1 Å². The van der Waals surface area contributed by atoms with Gasteiger partial charge in [-0.25, -0.2) is 8.42 Å². The summed E-state index contributed by atoms with van der Waals surface area (Å²) < 4.78 is 31.3. The van der Waals surface area contributed by atoms with Gasteiger partial charge in [-0.15, -0.1) is 0 Å². The van der Waals surface area contributed by atoms with Crippen molar-refractivity contribution in [3.05, 3.63) is 58.1 Å². The molecule has 1 atom stereocenters. The zero-order chi connectivity index (χ0) is 28.0. The quantitative estimate of drug-likeness (QED) is 0.414. The van der Waals surface area contributed by atoms with Crippen LogP contribution in [0.3, 0.4) is 0 Å². The van der Waals surface area contributed by atoms with Crippen LogP contribution in [0.4, 0.5) is 5.69 Å². The minimum Gasteiger partial charge on any atom is -0.495 e. The minimum absolute atomic E-state index is 0.0383. The Morgan fingerprint density at radius 3 is 2.22 bits per heavy atom. The number of benzene rings is 2. The van der Waals surface area contributed by atoms with E-state index in [4.69, 9.17) is 27.9 Å². The van der Waals surface area contributed by atoms with Crippen LogP contribution in [-0.2, 0) is 26.2 Å². The number of halogens is 2. The Labute approximate surface area is 229 Å². The van der Waals surface area contributed by atoms with E-state index < -0.39 is 21.6 Å². The van der Waals surface area contributed by atoms with Gasteiger partial charge in [-0.3, -0.25) is 13.9 Å². The second-order valence-corrected chi connectivity index (χ2v) is 12.6. The van der Waals surface area contributed by atoms with Crippen LogP contribution in [0.2, 0.25) is 10.0 Å². The van der Waals surface area contributed by atoms with Crippen molar-refractivity contribution < 1.29 is 22.7 Å². The lowest BCUT2D eigenvalue weighted by Gasteiger charge is -2.32. The molecule has 0 aliphatic rings. The van der Waals surface area contributed by atoms with E-state index in [1.165, 1.54) is 22.4 Å². The summed E-state index contributed by atoms with van der Waals surface area (Å²) in [4.78, 5) is 27.7. The first-order chi connectivity index (χ1) is 17.1. The van der Waals surface area contributed by atoms with Gasteiger partial charge in [0.2, 0.25) is 21.8 Å². The maximum Gasteiger partial charge on any atom is 0.242 e. The molecule has 37 heavy (non-hydrogen) atoms. The Hall–Kier alpha value is -2.49. The summed E-state index contributed by atoms with van der Waals surface area (Å²) in [7, 11) is -2.17. The third kappa shape index (κ3) is 9.39. The van der Waals surface area contributed by atoms with Crippen molar-refractivity contribution in [1.29, 1.82) is 0 Å². The first-order valence-corrected chi connectivity index (χ1v) is 14.4. The van der Waals surface area contributed by atoms with Crippen LogP contribution in [0.25, 0.3) is 0 Å². The number of amides is 2. The van der Waals surface area contributed by atoms with Crippen LogP contribution < -0.4 is 14.4 Å². The van der Waals surface area contributed by atoms with Gasteiger partial charge in [0.05, 0.1) is 24.1 Å². The van der Waals surface area contributed by atoms with Gasteiger partial charge in [-0.05, 0) is 70.0 Å². The number of carbonyl (C=O) groups is 2. The van der Waals surface area contributed by atoms with Crippen molar-refractivity contribution >= 4 is 50.7 Å². The fourth-order valence-electron chi connectivity index (χ4n) is 3.66. The van der Waals surface area contributed by atoms with Crippen molar-refractivity contribution in [3.63, 3.8) is 0 Å². The normalized spacial score (nSPS) is 12.5. The van der Waals surface area contributed by atoms with E-state index in [2.05, 4.69) is 5.32 Å². The molecule has 1 N–H and O–H groups in total. The maximum absolute atomic E-state index is 13.3. The van der Waals surface area contributed by atoms with Gasteiger partial charge in [-0.2, -0.15) is 0 Å². The van der Waals surface area contributed by atoms with Crippen molar-refractivity contribution in [2.24, 2.45) is 0 Å². The molecule has 0 unspecified atom stereocenters. The SMILES string of the molecule is COc1ccc(N(CCCC(=O)N(Cc2ccc(Cl)cc2)[C@H](C)C(=O)NC(C)(C)C)S(C)(=O)=O)cc1Cl. The van der Waals surface area contributed by atoms with Crippen molar-refractivity contribution in [1.82, 2.24) is 10.2 Å². The number of carbonyl (C=O) groups excluding carboxylic acids is 2. The molecule has 0 heterocycles. The molecule has 2 amide bonds. The molecule has 2 aromatic carbocycles. The minimum atomic E-state index is -3.64. The standard InChI is InChI=1S/C26H35Cl2N3O5S/c1-18(25(33)29-26(2,3)4)30(17-19-9-11-20(27)12-10-19)24(32)8-7-15-31(37(6,34)35)21-13-14-23(36-5)22(28)16-21/h9-14,16,18H,7-8,15,17H2,1-6H3,(H,29,33)/t18-/m1/s1. The molecule has 0 radical (unpaired) electrons. The molecule has 2 rings (SSSR count). The highest BCUT2D eigenvalue weighted by molar-refractivity contribution is 7.92. The zero-order valence-corrected chi connectivity index (χ0v) is 24.4. The van der Waals surface area contributed by atoms with Crippen molar-refractivity contribution in [2.75, 3.05) is 24.2 Å². The van der Waals surface area contributed by atoms with E-state index in [-0.39, 0.29) is 42.8 Å². The van der Waals surface area contributed by atoms with E-state index in [1.54, 1.807) is 43.3 Å². The summed E-state index contributed by atoms with van der Waals surface area (Å²) in [6.07, 6.45) is 1.37. The molecule has 0 saturated carbocycles. The van der Waals surface area contributed by atoms with Crippen LogP contribution in [0.15, 0.2) is 42.5 Å². The summed E-state index contributed by atoms with van der Waals surface area (Å²) in [6.45, 7) is 7.55. The van der Waals surface area contributed by atoms with Crippen LogP contribution >= 0.6 is 23.2 Å². The molecule has 0 bridgehead atoms. The number of nitrogens with one attached hydrogen (secondary N) is 1. The number of anilines is 1. The molecule has 204 valence electrons. The predicted octanol–water partition coefficient (Wildman–Crippen LogP) is 4.88. The first kappa shape index (κ1) is 30.7. The third-order valence-electron chi connectivity index (χ3n) is 5.51. The molecular weight excluding hydrogens is 537 g/mol.